The van der Waals surface area contributed by atoms with E-state index in [1.807, 2.05) is 12.1 Å². The van der Waals surface area contributed by atoms with Gasteiger partial charge in [-0.05, 0) is 43.7 Å². The van der Waals surface area contributed by atoms with Gasteiger partial charge in [-0.1, -0.05) is 23.2 Å². The molecule has 2 N–H and O–H groups in total. The summed E-state index contributed by atoms with van der Waals surface area (Å²) in [5.74, 6) is 0. The Morgan fingerprint density at radius 1 is 1.22 bits per heavy atom. The SMILES string of the molecule is CC(NCCCOCCO)c1cc(Cl)cc(Cl)c1. The molecule has 0 aliphatic carbocycles. The molecule has 0 bridgehead atoms. The number of hydrogen-bond donors (Lipinski definition) is 2. The van der Waals surface area contributed by atoms with Gasteiger partial charge in [0.1, 0.15) is 0 Å². The molecule has 3 nitrogen and oxygen atoms in total. The van der Waals surface area contributed by atoms with Gasteiger partial charge in [0.2, 0.25) is 0 Å². The van der Waals surface area contributed by atoms with E-state index in [0.717, 1.165) is 18.5 Å². The van der Waals surface area contributed by atoms with Gasteiger partial charge in [0.25, 0.3) is 0 Å². The van der Waals surface area contributed by atoms with Gasteiger partial charge in [0, 0.05) is 22.7 Å². The Balaban J connectivity index is 2.29. The van der Waals surface area contributed by atoms with Crippen LogP contribution in [0.25, 0.3) is 0 Å². The summed E-state index contributed by atoms with van der Waals surface area (Å²) in [4.78, 5) is 0. The predicted molar refractivity (Wildman–Crippen MR) is 75.4 cm³/mol. The quantitative estimate of drug-likeness (QED) is 0.724. The van der Waals surface area contributed by atoms with E-state index in [-0.39, 0.29) is 12.6 Å². The lowest BCUT2D eigenvalue weighted by Crippen LogP contribution is -2.21. The van der Waals surface area contributed by atoms with E-state index in [0.29, 0.717) is 23.3 Å². The summed E-state index contributed by atoms with van der Waals surface area (Å²) < 4.78 is 5.18. The lowest BCUT2D eigenvalue weighted by molar-refractivity contribution is 0.0904. The number of halogens is 2. The third kappa shape index (κ3) is 6.03. The van der Waals surface area contributed by atoms with E-state index in [4.69, 9.17) is 33.0 Å². The monoisotopic (exact) mass is 291 g/mol. The first kappa shape index (κ1) is 15.7. The molecule has 0 aromatic heterocycles. The normalized spacial score (nSPS) is 12.7. The smallest absolute Gasteiger partial charge is 0.0697 e. The second-order valence-corrected chi connectivity index (χ2v) is 4.94. The van der Waals surface area contributed by atoms with Crippen LogP contribution in [0.15, 0.2) is 18.2 Å². The fourth-order valence-corrected chi connectivity index (χ4v) is 2.15. The molecule has 0 fully saturated rings. The molecule has 1 atom stereocenters. The first-order valence-corrected chi connectivity index (χ1v) is 6.77. The maximum atomic E-state index is 8.55. The van der Waals surface area contributed by atoms with Crippen molar-refractivity contribution in [3.05, 3.63) is 33.8 Å². The molecule has 1 unspecified atom stereocenters. The van der Waals surface area contributed by atoms with Crippen LogP contribution in [0.1, 0.15) is 24.9 Å². The lowest BCUT2D eigenvalue weighted by atomic mass is 10.1. The second-order valence-electron chi connectivity index (χ2n) is 4.07. The highest BCUT2D eigenvalue weighted by atomic mass is 35.5. The standard InChI is InChI=1S/C13H19Cl2NO2/c1-10(16-3-2-5-18-6-4-17)11-7-12(14)9-13(15)8-11/h7-10,16-17H,2-6H2,1H3. The molecule has 0 saturated carbocycles. The van der Waals surface area contributed by atoms with Crippen LogP contribution in [0, 0.1) is 0 Å². The van der Waals surface area contributed by atoms with Crippen molar-refractivity contribution in [3.63, 3.8) is 0 Å². The number of nitrogens with one attached hydrogen (secondary N) is 1. The van der Waals surface area contributed by atoms with Crippen LogP contribution in [0.3, 0.4) is 0 Å². The van der Waals surface area contributed by atoms with Gasteiger partial charge in [-0.3, -0.25) is 0 Å². The summed E-state index contributed by atoms with van der Waals surface area (Å²) in [5, 5.41) is 13.2. The molecule has 1 aromatic carbocycles. The Bertz CT molecular complexity index is 341. The third-order valence-electron chi connectivity index (χ3n) is 2.54. The molecule has 1 aromatic rings. The maximum absolute atomic E-state index is 8.55. The van der Waals surface area contributed by atoms with Gasteiger partial charge in [-0.25, -0.2) is 0 Å². The maximum Gasteiger partial charge on any atom is 0.0697 e. The highest BCUT2D eigenvalue weighted by Crippen LogP contribution is 2.23. The van der Waals surface area contributed by atoms with Crippen LogP contribution in [-0.4, -0.2) is 31.5 Å². The summed E-state index contributed by atoms with van der Waals surface area (Å²) >= 11 is 11.9. The van der Waals surface area contributed by atoms with Crippen molar-refractivity contribution in [2.24, 2.45) is 0 Å². The third-order valence-corrected chi connectivity index (χ3v) is 2.97. The molecule has 0 heterocycles. The average molecular weight is 292 g/mol. The minimum atomic E-state index is 0.0743. The van der Waals surface area contributed by atoms with Crippen LogP contribution in [-0.2, 0) is 4.74 Å². The van der Waals surface area contributed by atoms with Gasteiger partial charge >= 0.3 is 0 Å². The molecule has 0 aliphatic heterocycles. The number of aliphatic hydroxyl groups is 1. The summed E-state index contributed by atoms with van der Waals surface area (Å²) in [5.41, 5.74) is 1.07. The molecule has 102 valence electrons. The van der Waals surface area contributed by atoms with Gasteiger partial charge in [-0.15, -0.1) is 0 Å². The first-order valence-electron chi connectivity index (χ1n) is 6.01. The van der Waals surface area contributed by atoms with Crippen LogP contribution in [0.5, 0.6) is 0 Å². The zero-order valence-electron chi connectivity index (χ0n) is 10.5. The summed E-state index contributed by atoms with van der Waals surface area (Å²) in [6.45, 7) is 4.04. The molecule has 1 rings (SSSR count). The van der Waals surface area contributed by atoms with Crippen LogP contribution < -0.4 is 5.32 Å². The molecule has 0 spiro atoms. The molecule has 5 heteroatoms. The number of aliphatic hydroxyl groups excluding tert-OH is 1. The molecular weight excluding hydrogens is 273 g/mol. The Labute approximate surface area is 118 Å². The van der Waals surface area contributed by atoms with E-state index in [1.54, 1.807) is 6.07 Å². The Hall–Kier alpha value is -0.320. The first-order chi connectivity index (χ1) is 8.63. The van der Waals surface area contributed by atoms with Crippen LogP contribution in [0.2, 0.25) is 10.0 Å². The number of hydrogen-bond acceptors (Lipinski definition) is 3. The number of ether oxygens (including phenoxy) is 1. The fraction of sp³-hybridized carbons (Fsp3) is 0.538. The lowest BCUT2D eigenvalue weighted by Gasteiger charge is -2.15. The van der Waals surface area contributed by atoms with Crippen molar-refractivity contribution < 1.29 is 9.84 Å². The minimum Gasteiger partial charge on any atom is -0.394 e. The van der Waals surface area contributed by atoms with Crippen LogP contribution >= 0.6 is 23.2 Å². The number of benzene rings is 1. The van der Waals surface area contributed by atoms with E-state index >= 15 is 0 Å². The van der Waals surface area contributed by atoms with Crippen molar-refractivity contribution in [1.29, 1.82) is 0 Å². The predicted octanol–water partition coefficient (Wildman–Crippen LogP) is 3.04. The molecule has 18 heavy (non-hydrogen) atoms. The largest absolute Gasteiger partial charge is 0.394 e. The Morgan fingerprint density at radius 3 is 2.50 bits per heavy atom. The van der Waals surface area contributed by atoms with Crippen molar-refractivity contribution in [3.8, 4) is 0 Å². The average Bonchev–Trinajstić information content (AvgIpc) is 2.32. The van der Waals surface area contributed by atoms with Gasteiger partial charge in [-0.2, -0.15) is 0 Å². The number of rotatable bonds is 8. The topological polar surface area (TPSA) is 41.5 Å². The van der Waals surface area contributed by atoms with Crippen molar-refractivity contribution >= 4 is 23.2 Å². The van der Waals surface area contributed by atoms with Gasteiger partial charge in [0.05, 0.1) is 13.2 Å². The van der Waals surface area contributed by atoms with Gasteiger partial charge in [0.15, 0.2) is 0 Å². The van der Waals surface area contributed by atoms with E-state index < -0.39 is 0 Å². The van der Waals surface area contributed by atoms with E-state index in [9.17, 15) is 0 Å². The highest BCUT2D eigenvalue weighted by Gasteiger charge is 2.06. The second kappa shape index (κ2) is 8.73. The van der Waals surface area contributed by atoms with Crippen molar-refractivity contribution in [1.82, 2.24) is 5.32 Å². The molecule has 0 aliphatic rings. The Kier molecular flexibility index (Phi) is 7.63. The minimum absolute atomic E-state index is 0.0743. The molecule has 0 saturated heterocycles. The van der Waals surface area contributed by atoms with Crippen molar-refractivity contribution in [2.75, 3.05) is 26.4 Å². The van der Waals surface area contributed by atoms with Crippen molar-refractivity contribution in [2.45, 2.75) is 19.4 Å². The summed E-state index contributed by atoms with van der Waals surface area (Å²) in [7, 11) is 0. The van der Waals surface area contributed by atoms with Crippen LogP contribution in [0.4, 0.5) is 0 Å². The fourth-order valence-electron chi connectivity index (χ4n) is 1.60. The van der Waals surface area contributed by atoms with E-state index in [2.05, 4.69) is 12.2 Å². The summed E-state index contributed by atoms with van der Waals surface area (Å²) in [6, 6.07) is 5.74. The zero-order chi connectivity index (χ0) is 13.4. The highest BCUT2D eigenvalue weighted by molar-refractivity contribution is 6.34. The molecule has 0 amide bonds. The summed E-state index contributed by atoms with van der Waals surface area (Å²) in [6.07, 6.45) is 0.901. The molecule has 0 radical (unpaired) electrons. The molecular formula is C13H19Cl2NO2. The zero-order valence-corrected chi connectivity index (χ0v) is 12.0. The Morgan fingerprint density at radius 2 is 1.89 bits per heavy atom. The van der Waals surface area contributed by atoms with Gasteiger partial charge < -0.3 is 15.2 Å². The van der Waals surface area contributed by atoms with E-state index in [1.165, 1.54) is 0 Å².